The monoisotopic (exact) mass is 297 g/mol. The van der Waals surface area contributed by atoms with Crippen LogP contribution in [0.3, 0.4) is 0 Å². The molecule has 1 aromatic carbocycles. The van der Waals surface area contributed by atoms with Crippen molar-refractivity contribution < 1.29 is 18.3 Å². The van der Waals surface area contributed by atoms with Gasteiger partial charge in [-0.05, 0) is 18.2 Å². The minimum atomic E-state index is -3.51. The maximum Gasteiger partial charge on any atom is 0.242 e. The number of aliphatic hydroxyl groups is 1. The molecule has 5 nitrogen and oxygen atoms in total. The normalized spacial score (nSPS) is 11.1. The number of nitrogens with zero attached hydrogens (tertiary/aromatic N) is 1. The Hall–Kier alpha value is -1.55. The minimum Gasteiger partial charge on any atom is -0.495 e. The molecule has 0 saturated carbocycles. The second-order valence-corrected chi connectivity index (χ2v) is 6.10. The number of rotatable bonds is 5. The number of aliphatic hydroxyl groups excluding tert-OH is 1. The summed E-state index contributed by atoms with van der Waals surface area (Å²) in [5.41, 5.74) is 0.492. The van der Waals surface area contributed by atoms with Crippen molar-refractivity contribution in [1.82, 2.24) is 4.31 Å². The van der Waals surface area contributed by atoms with Gasteiger partial charge in [0, 0.05) is 20.0 Å². The summed E-state index contributed by atoms with van der Waals surface area (Å²) in [6.07, 6.45) is 0.328. The molecule has 1 aromatic rings. The quantitative estimate of drug-likeness (QED) is 0.826. The summed E-state index contributed by atoms with van der Waals surface area (Å²) in [6, 6.07) is 4.57. The fourth-order valence-electron chi connectivity index (χ4n) is 1.51. The molecule has 0 bridgehead atoms. The zero-order chi connectivity index (χ0) is 15.2. The van der Waals surface area contributed by atoms with E-state index in [9.17, 15) is 8.42 Å². The van der Waals surface area contributed by atoms with E-state index in [-0.39, 0.29) is 11.5 Å². The first kappa shape index (κ1) is 16.5. The van der Waals surface area contributed by atoms with Gasteiger partial charge in [-0.2, -0.15) is 0 Å². The van der Waals surface area contributed by atoms with Gasteiger partial charge >= 0.3 is 0 Å². The molecule has 0 amide bonds. The van der Waals surface area contributed by atoms with Gasteiger partial charge in [-0.25, -0.2) is 12.7 Å². The lowest BCUT2D eigenvalue weighted by atomic mass is 10.2. The lowest BCUT2D eigenvalue weighted by Gasteiger charge is -2.15. The highest BCUT2D eigenvalue weighted by molar-refractivity contribution is 7.89. The van der Waals surface area contributed by atoms with Crippen LogP contribution < -0.4 is 4.74 Å². The zero-order valence-electron chi connectivity index (χ0n) is 11.9. The van der Waals surface area contributed by atoms with Crippen molar-refractivity contribution in [1.29, 1.82) is 0 Å². The van der Waals surface area contributed by atoms with Crippen LogP contribution in [0, 0.1) is 11.8 Å². The Labute approximate surface area is 120 Å². The number of ether oxygens (including phenoxy) is 1. The van der Waals surface area contributed by atoms with Gasteiger partial charge in [-0.15, -0.1) is 0 Å². The topological polar surface area (TPSA) is 66.8 Å². The van der Waals surface area contributed by atoms with Crippen molar-refractivity contribution in [2.75, 3.05) is 27.3 Å². The molecule has 0 atom stereocenters. The Bertz CT molecular complexity index is 614. The molecule has 0 fully saturated rings. The summed E-state index contributed by atoms with van der Waals surface area (Å²) < 4.78 is 30.9. The van der Waals surface area contributed by atoms with Gasteiger partial charge < -0.3 is 9.84 Å². The third kappa shape index (κ3) is 3.73. The first-order valence-corrected chi connectivity index (χ1v) is 7.65. The number of methoxy groups -OCH3 is 1. The summed E-state index contributed by atoms with van der Waals surface area (Å²) in [6.45, 7) is 2.12. The van der Waals surface area contributed by atoms with Gasteiger partial charge in [0.25, 0.3) is 0 Å². The Balaban J connectivity index is 3.27. The lowest BCUT2D eigenvalue weighted by molar-refractivity contribution is 0.305. The number of benzene rings is 1. The molecule has 0 radical (unpaired) electrons. The minimum absolute atomic E-state index is 0.0358. The molecule has 0 aliphatic heterocycles. The van der Waals surface area contributed by atoms with E-state index in [1.54, 1.807) is 13.0 Å². The van der Waals surface area contributed by atoms with Crippen LogP contribution in [0.15, 0.2) is 23.1 Å². The molecule has 110 valence electrons. The second-order valence-electron chi connectivity index (χ2n) is 4.06. The fraction of sp³-hybridized carbons (Fsp3) is 0.429. The Morgan fingerprint density at radius 1 is 1.40 bits per heavy atom. The van der Waals surface area contributed by atoms with Gasteiger partial charge in [0.05, 0.1) is 24.2 Å². The molecule has 1 N–H and O–H groups in total. The van der Waals surface area contributed by atoms with Crippen LogP contribution in [0.25, 0.3) is 0 Å². The van der Waals surface area contributed by atoms with Gasteiger partial charge in [0.2, 0.25) is 10.0 Å². The maximum absolute atomic E-state index is 12.2. The summed E-state index contributed by atoms with van der Waals surface area (Å²) in [5, 5.41) is 8.72. The molecule has 0 spiro atoms. The van der Waals surface area contributed by atoms with Crippen molar-refractivity contribution in [2.24, 2.45) is 0 Å². The van der Waals surface area contributed by atoms with Crippen molar-refractivity contribution in [3.05, 3.63) is 23.8 Å². The SMILES string of the molecule is CCN(C)S(=O)(=O)c1ccc(OC)c(C#CCCO)c1. The lowest BCUT2D eigenvalue weighted by Crippen LogP contribution is -2.26. The molecule has 20 heavy (non-hydrogen) atoms. The molecule has 0 aliphatic rings. The number of hydrogen-bond acceptors (Lipinski definition) is 4. The van der Waals surface area contributed by atoms with E-state index in [2.05, 4.69) is 11.8 Å². The van der Waals surface area contributed by atoms with E-state index in [1.807, 2.05) is 0 Å². The zero-order valence-corrected chi connectivity index (χ0v) is 12.7. The van der Waals surface area contributed by atoms with Crippen molar-refractivity contribution in [2.45, 2.75) is 18.2 Å². The Kier molecular flexibility index (Phi) is 6.02. The predicted molar refractivity (Wildman–Crippen MR) is 77.1 cm³/mol. The highest BCUT2D eigenvalue weighted by atomic mass is 32.2. The van der Waals surface area contributed by atoms with E-state index >= 15 is 0 Å². The van der Waals surface area contributed by atoms with E-state index in [1.165, 1.54) is 30.6 Å². The van der Waals surface area contributed by atoms with Crippen LogP contribution in [0.4, 0.5) is 0 Å². The summed E-state index contributed by atoms with van der Waals surface area (Å²) in [4.78, 5) is 0.177. The second kappa shape index (κ2) is 7.29. The molecule has 1 rings (SSSR count). The van der Waals surface area contributed by atoms with E-state index in [4.69, 9.17) is 9.84 Å². The molecule has 0 aliphatic carbocycles. The van der Waals surface area contributed by atoms with Gasteiger partial charge in [0.15, 0.2) is 0 Å². The van der Waals surface area contributed by atoms with Gasteiger partial charge in [0.1, 0.15) is 5.75 Å². The van der Waals surface area contributed by atoms with Crippen LogP contribution in [-0.4, -0.2) is 45.1 Å². The largest absolute Gasteiger partial charge is 0.495 e. The van der Waals surface area contributed by atoms with E-state index in [0.717, 1.165) is 0 Å². The van der Waals surface area contributed by atoms with E-state index < -0.39 is 10.0 Å². The number of sulfonamides is 1. The van der Waals surface area contributed by atoms with Gasteiger partial charge in [-0.1, -0.05) is 18.8 Å². The van der Waals surface area contributed by atoms with Crippen molar-refractivity contribution in [3.63, 3.8) is 0 Å². The molecule has 0 unspecified atom stereocenters. The average molecular weight is 297 g/mol. The highest BCUT2D eigenvalue weighted by Crippen LogP contribution is 2.23. The Morgan fingerprint density at radius 3 is 2.65 bits per heavy atom. The third-order valence-electron chi connectivity index (χ3n) is 2.78. The molecular weight excluding hydrogens is 278 g/mol. The average Bonchev–Trinajstić information content (AvgIpc) is 2.46. The summed E-state index contributed by atoms with van der Waals surface area (Å²) >= 11 is 0. The number of hydrogen-bond donors (Lipinski definition) is 1. The summed E-state index contributed by atoms with van der Waals surface area (Å²) in [7, 11) is -0.483. The molecule has 0 aromatic heterocycles. The Morgan fingerprint density at radius 2 is 2.10 bits per heavy atom. The fourth-order valence-corrected chi connectivity index (χ4v) is 2.72. The highest BCUT2D eigenvalue weighted by Gasteiger charge is 2.20. The standard InChI is InChI=1S/C14H19NO4S/c1-4-15(2)20(17,18)13-8-9-14(19-3)12(11-13)7-5-6-10-16/h8-9,11,16H,4,6,10H2,1-3H3. The van der Waals surface area contributed by atoms with Gasteiger partial charge in [-0.3, -0.25) is 0 Å². The summed E-state index contributed by atoms with van der Waals surface area (Å²) in [5.74, 6) is 6.08. The van der Waals surface area contributed by atoms with Crippen molar-refractivity contribution >= 4 is 10.0 Å². The first-order valence-electron chi connectivity index (χ1n) is 6.21. The molecule has 0 heterocycles. The van der Waals surface area contributed by atoms with Crippen LogP contribution in [0.2, 0.25) is 0 Å². The van der Waals surface area contributed by atoms with Crippen LogP contribution in [-0.2, 0) is 10.0 Å². The van der Waals surface area contributed by atoms with Crippen LogP contribution in [0.5, 0.6) is 5.75 Å². The molecular formula is C14H19NO4S. The van der Waals surface area contributed by atoms with Crippen molar-refractivity contribution in [3.8, 4) is 17.6 Å². The van der Waals surface area contributed by atoms with E-state index in [0.29, 0.717) is 24.3 Å². The van der Waals surface area contributed by atoms with Crippen LogP contribution in [0.1, 0.15) is 18.9 Å². The predicted octanol–water partition coefficient (Wildman–Crippen LogP) is 1.07. The smallest absolute Gasteiger partial charge is 0.242 e. The van der Waals surface area contributed by atoms with Crippen LogP contribution >= 0.6 is 0 Å². The maximum atomic E-state index is 12.2. The molecule has 0 saturated heterocycles. The molecule has 6 heteroatoms. The third-order valence-corrected chi connectivity index (χ3v) is 4.71. The first-order chi connectivity index (χ1) is 9.47.